The van der Waals surface area contributed by atoms with Gasteiger partial charge in [0.05, 0.1) is 5.69 Å². The maximum Gasteiger partial charge on any atom is 0.158 e. The van der Waals surface area contributed by atoms with Gasteiger partial charge in [-0.3, -0.25) is 0 Å². The Morgan fingerprint density at radius 2 is 1.77 bits per heavy atom. The average molecular weight is 401 g/mol. The van der Waals surface area contributed by atoms with Gasteiger partial charge in [0.1, 0.15) is 12.1 Å². The Balaban J connectivity index is 1.41. The van der Waals surface area contributed by atoms with Crippen molar-refractivity contribution in [2.75, 3.05) is 38.1 Å². The zero-order valence-electron chi connectivity index (χ0n) is 17.5. The molecule has 1 saturated heterocycles. The molecule has 1 saturated carbocycles. The van der Waals surface area contributed by atoms with Crippen molar-refractivity contribution in [1.29, 1.82) is 0 Å². The minimum absolute atomic E-state index is 0.771. The summed E-state index contributed by atoms with van der Waals surface area (Å²) in [7, 11) is 2.19. The van der Waals surface area contributed by atoms with Crippen molar-refractivity contribution >= 4 is 11.8 Å². The van der Waals surface area contributed by atoms with Crippen LogP contribution in [0.5, 0.6) is 0 Å². The summed E-state index contributed by atoms with van der Waals surface area (Å²) in [6, 6.07) is 11.2. The van der Waals surface area contributed by atoms with Crippen molar-refractivity contribution < 1.29 is 4.42 Å². The van der Waals surface area contributed by atoms with E-state index in [-0.39, 0.29) is 0 Å². The second kappa shape index (κ2) is 8.44. The molecule has 5 rings (SSSR count). The number of nitrogens with zero attached hydrogens (tertiary/aromatic N) is 4. The highest BCUT2D eigenvalue weighted by Crippen LogP contribution is 2.41. The largest absolute Gasteiger partial charge is 0.454 e. The summed E-state index contributed by atoms with van der Waals surface area (Å²) in [6.45, 7) is 4.19. The molecule has 3 heterocycles. The topological polar surface area (TPSA) is 45.4 Å². The summed E-state index contributed by atoms with van der Waals surface area (Å²) < 4.78 is 6.36. The van der Waals surface area contributed by atoms with Crippen LogP contribution < -0.4 is 4.90 Å². The normalized spacial score (nSPS) is 17.7. The highest BCUT2D eigenvalue weighted by atomic mass is 16.3. The molecule has 0 N–H and O–H groups in total. The van der Waals surface area contributed by atoms with Crippen LogP contribution >= 0.6 is 0 Å². The number of likely N-dealkylation sites (N-methyl/N-ethyl adjacent to an activating group) is 1. The van der Waals surface area contributed by atoms with E-state index in [9.17, 15) is 0 Å². The lowest BCUT2D eigenvalue weighted by Gasteiger charge is -2.33. The van der Waals surface area contributed by atoms with Gasteiger partial charge in [-0.05, 0) is 49.4 Å². The molecule has 5 nitrogen and oxygen atoms in total. The number of rotatable bonds is 6. The number of anilines is 1. The van der Waals surface area contributed by atoms with Crippen LogP contribution in [0, 0.1) is 0 Å². The van der Waals surface area contributed by atoms with Gasteiger partial charge < -0.3 is 14.2 Å². The van der Waals surface area contributed by atoms with Crippen molar-refractivity contribution in [2.45, 2.75) is 25.2 Å². The van der Waals surface area contributed by atoms with Gasteiger partial charge in [0, 0.05) is 50.2 Å². The summed E-state index contributed by atoms with van der Waals surface area (Å²) in [5.74, 6) is 2.64. The first-order valence-corrected chi connectivity index (χ1v) is 10.8. The fraction of sp³-hybridized carbons (Fsp3) is 0.360. The van der Waals surface area contributed by atoms with Crippen molar-refractivity contribution in [3.05, 3.63) is 72.0 Å². The zero-order chi connectivity index (χ0) is 20.3. The number of furan rings is 1. The number of allylic oxidation sites excluding steroid dienone is 1. The molecule has 0 bridgehead atoms. The standard InChI is InChI=1S/C25H28N4O/c1-28-11-13-29(14-12-28)24-15-23(4-2-3-19-16-26-18-27-17-19)30-25(24)22-9-7-21(8-10-22)20-5-6-20/h2,4,7-10,15-18,20H,3,5-6,11-14H2,1H3/b4-2+. The third-order valence-electron chi connectivity index (χ3n) is 6.05. The third kappa shape index (κ3) is 4.31. The van der Waals surface area contributed by atoms with Crippen molar-refractivity contribution in [1.82, 2.24) is 14.9 Å². The summed E-state index contributed by atoms with van der Waals surface area (Å²) in [4.78, 5) is 13.0. The Bertz CT molecular complexity index is 997. The monoisotopic (exact) mass is 400 g/mol. The molecule has 2 fully saturated rings. The van der Waals surface area contributed by atoms with E-state index in [0.717, 1.165) is 61.2 Å². The Hall–Kier alpha value is -2.92. The van der Waals surface area contributed by atoms with Crippen LogP contribution in [0.25, 0.3) is 17.4 Å². The maximum atomic E-state index is 6.36. The maximum absolute atomic E-state index is 6.36. The lowest BCUT2D eigenvalue weighted by atomic mass is 10.1. The van der Waals surface area contributed by atoms with Crippen LogP contribution in [0.15, 0.2) is 59.5 Å². The van der Waals surface area contributed by atoms with Crippen molar-refractivity contribution in [3.8, 4) is 11.3 Å². The lowest BCUT2D eigenvalue weighted by Crippen LogP contribution is -2.44. The zero-order valence-corrected chi connectivity index (χ0v) is 17.5. The van der Waals surface area contributed by atoms with Gasteiger partial charge in [0.2, 0.25) is 0 Å². The van der Waals surface area contributed by atoms with Gasteiger partial charge in [0.15, 0.2) is 5.76 Å². The molecule has 2 aromatic heterocycles. The first-order valence-electron chi connectivity index (χ1n) is 10.8. The smallest absolute Gasteiger partial charge is 0.158 e. The fourth-order valence-electron chi connectivity index (χ4n) is 4.04. The number of benzene rings is 1. The van der Waals surface area contributed by atoms with Crippen molar-refractivity contribution in [2.24, 2.45) is 0 Å². The second-order valence-electron chi connectivity index (χ2n) is 8.40. The van der Waals surface area contributed by atoms with Gasteiger partial charge in [-0.2, -0.15) is 0 Å². The Kier molecular flexibility index (Phi) is 5.37. The predicted molar refractivity (Wildman–Crippen MR) is 121 cm³/mol. The molecule has 0 unspecified atom stereocenters. The van der Waals surface area contributed by atoms with E-state index >= 15 is 0 Å². The summed E-state index contributed by atoms with van der Waals surface area (Å²) in [5.41, 5.74) is 4.90. The SMILES string of the molecule is CN1CCN(c2cc(/C=C/Cc3cncnc3)oc2-c2ccc(C3CC3)cc2)CC1. The summed E-state index contributed by atoms with van der Waals surface area (Å²) in [5, 5.41) is 0. The van der Waals surface area contributed by atoms with E-state index < -0.39 is 0 Å². The molecule has 2 aliphatic rings. The van der Waals surface area contributed by atoms with E-state index in [4.69, 9.17) is 4.42 Å². The molecule has 0 spiro atoms. The van der Waals surface area contributed by atoms with Gasteiger partial charge in [0.25, 0.3) is 0 Å². The quantitative estimate of drug-likeness (QED) is 0.604. The number of hydrogen-bond acceptors (Lipinski definition) is 5. The fourth-order valence-corrected chi connectivity index (χ4v) is 4.04. The van der Waals surface area contributed by atoms with Crippen LogP contribution in [0.2, 0.25) is 0 Å². The van der Waals surface area contributed by atoms with Gasteiger partial charge in [-0.15, -0.1) is 0 Å². The van der Waals surface area contributed by atoms with Crippen LogP contribution in [0.4, 0.5) is 5.69 Å². The summed E-state index contributed by atoms with van der Waals surface area (Å²) in [6.07, 6.45) is 12.9. The molecular weight excluding hydrogens is 372 g/mol. The van der Waals surface area contributed by atoms with Gasteiger partial charge in [-0.25, -0.2) is 9.97 Å². The van der Waals surface area contributed by atoms with E-state index in [2.05, 4.69) is 69.3 Å². The molecule has 5 heteroatoms. The molecule has 30 heavy (non-hydrogen) atoms. The first-order chi connectivity index (χ1) is 14.8. The summed E-state index contributed by atoms with van der Waals surface area (Å²) >= 11 is 0. The highest BCUT2D eigenvalue weighted by Gasteiger charge is 2.24. The van der Waals surface area contributed by atoms with Crippen LogP contribution in [-0.2, 0) is 6.42 Å². The molecule has 1 aliphatic carbocycles. The molecule has 1 aromatic carbocycles. The predicted octanol–water partition coefficient (Wildman–Crippen LogP) is 4.62. The minimum Gasteiger partial charge on any atom is -0.454 e. The Labute approximate surface area is 178 Å². The number of aromatic nitrogens is 2. The van der Waals surface area contributed by atoms with Gasteiger partial charge in [-0.1, -0.05) is 30.3 Å². The molecule has 154 valence electrons. The second-order valence-corrected chi connectivity index (χ2v) is 8.40. The molecule has 0 radical (unpaired) electrons. The molecule has 0 atom stereocenters. The van der Waals surface area contributed by atoms with E-state index in [1.807, 2.05) is 12.4 Å². The van der Waals surface area contributed by atoms with E-state index in [0.29, 0.717) is 0 Å². The van der Waals surface area contributed by atoms with E-state index in [1.165, 1.54) is 24.1 Å². The molecule has 3 aromatic rings. The Morgan fingerprint density at radius 3 is 2.47 bits per heavy atom. The molecular formula is C25H28N4O. The molecule has 1 aliphatic heterocycles. The van der Waals surface area contributed by atoms with Crippen LogP contribution in [0.1, 0.15) is 35.6 Å². The van der Waals surface area contributed by atoms with Gasteiger partial charge >= 0.3 is 0 Å². The average Bonchev–Trinajstić information content (AvgIpc) is 3.55. The number of hydrogen-bond donors (Lipinski definition) is 0. The Morgan fingerprint density at radius 1 is 1.03 bits per heavy atom. The highest BCUT2D eigenvalue weighted by molar-refractivity contribution is 5.76. The van der Waals surface area contributed by atoms with E-state index in [1.54, 1.807) is 6.33 Å². The lowest BCUT2D eigenvalue weighted by molar-refractivity contribution is 0.313. The molecule has 0 amide bonds. The van der Waals surface area contributed by atoms with Crippen molar-refractivity contribution in [3.63, 3.8) is 0 Å². The van der Waals surface area contributed by atoms with Crippen LogP contribution in [0.3, 0.4) is 0 Å². The van der Waals surface area contributed by atoms with Crippen LogP contribution in [-0.4, -0.2) is 48.1 Å². The number of piperazine rings is 1. The minimum atomic E-state index is 0.771. The third-order valence-corrected chi connectivity index (χ3v) is 6.05. The first kappa shape index (κ1) is 19.1.